The molecule has 9 heteroatoms. The zero-order valence-electron chi connectivity index (χ0n) is 13.7. The minimum Gasteiger partial charge on any atom is -0.477 e. The van der Waals surface area contributed by atoms with Crippen LogP contribution >= 0.6 is 0 Å². The van der Waals surface area contributed by atoms with Crippen molar-refractivity contribution in [3.8, 4) is 5.88 Å². The molecule has 0 atom stereocenters. The van der Waals surface area contributed by atoms with Crippen molar-refractivity contribution in [2.45, 2.75) is 25.9 Å². The van der Waals surface area contributed by atoms with Crippen LogP contribution in [0, 0.1) is 12.8 Å². The van der Waals surface area contributed by atoms with Gasteiger partial charge in [-0.25, -0.2) is 19.9 Å². The number of halogens is 3. The molecule has 6 nitrogen and oxygen atoms in total. The van der Waals surface area contributed by atoms with E-state index >= 15 is 0 Å². The van der Waals surface area contributed by atoms with Crippen LogP contribution in [0.2, 0.25) is 0 Å². The number of aromatic nitrogens is 4. The summed E-state index contributed by atoms with van der Waals surface area (Å²) >= 11 is 0. The molecule has 3 rings (SSSR count). The number of alkyl halides is 3. The average molecular weight is 353 g/mol. The molecule has 0 unspecified atom stereocenters. The fourth-order valence-corrected chi connectivity index (χ4v) is 2.67. The summed E-state index contributed by atoms with van der Waals surface area (Å²) in [5.41, 5.74) is -0.0800. The van der Waals surface area contributed by atoms with Gasteiger partial charge < -0.3 is 9.64 Å². The van der Waals surface area contributed by atoms with E-state index in [1.54, 1.807) is 11.0 Å². The lowest BCUT2D eigenvalue weighted by Crippen LogP contribution is -2.36. The monoisotopic (exact) mass is 353 g/mol. The maximum atomic E-state index is 12.8. The number of aryl methyl sites for hydroxylation is 1. The predicted molar refractivity (Wildman–Crippen MR) is 84.2 cm³/mol. The van der Waals surface area contributed by atoms with Crippen molar-refractivity contribution in [1.29, 1.82) is 0 Å². The van der Waals surface area contributed by atoms with Gasteiger partial charge in [-0.1, -0.05) is 0 Å². The molecule has 0 amide bonds. The third-order valence-electron chi connectivity index (χ3n) is 4.08. The Bertz CT molecular complexity index is 717. The first-order chi connectivity index (χ1) is 11.9. The van der Waals surface area contributed by atoms with Crippen LogP contribution in [-0.2, 0) is 6.18 Å². The highest BCUT2D eigenvalue weighted by Crippen LogP contribution is 2.29. The third-order valence-corrected chi connectivity index (χ3v) is 4.08. The Balaban J connectivity index is 1.53. The van der Waals surface area contributed by atoms with E-state index in [1.165, 1.54) is 6.33 Å². The number of piperidine rings is 1. The quantitative estimate of drug-likeness (QED) is 0.842. The third kappa shape index (κ3) is 4.55. The normalized spacial score (nSPS) is 16.1. The van der Waals surface area contributed by atoms with Gasteiger partial charge in [-0.15, -0.1) is 0 Å². The van der Waals surface area contributed by atoms with Crippen LogP contribution in [0.4, 0.5) is 19.1 Å². The van der Waals surface area contributed by atoms with Gasteiger partial charge in [-0.05, 0) is 31.7 Å². The lowest BCUT2D eigenvalue weighted by atomic mass is 9.98. The van der Waals surface area contributed by atoms with Crippen molar-refractivity contribution >= 4 is 5.95 Å². The van der Waals surface area contributed by atoms with Gasteiger partial charge in [0.2, 0.25) is 11.8 Å². The van der Waals surface area contributed by atoms with Crippen LogP contribution in [0.5, 0.6) is 5.88 Å². The summed E-state index contributed by atoms with van der Waals surface area (Å²) in [5, 5.41) is 0. The van der Waals surface area contributed by atoms with Gasteiger partial charge in [0.05, 0.1) is 6.61 Å². The molecule has 1 aliphatic heterocycles. The van der Waals surface area contributed by atoms with Gasteiger partial charge >= 0.3 is 6.18 Å². The predicted octanol–water partition coefficient (Wildman–Crippen LogP) is 2.89. The van der Waals surface area contributed by atoms with Crippen LogP contribution in [0.1, 0.15) is 24.2 Å². The number of hydrogen-bond donors (Lipinski definition) is 0. The van der Waals surface area contributed by atoms with E-state index in [-0.39, 0.29) is 5.95 Å². The Hall–Kier alpha value is -2.45. The summed E-state index contributed by atoms with van der Waals surface area (Å²) in [6, 6.07) is 2.65. The standard InChI is InChI=1S/C16H18F3N5O/c1-11-8-14(22-10-21-11)25-9-12-3-6-24(7-4-12)15-20-5-2-13(23-15)16(17,18)19/h2,5,8,10,12H,3-4,6-7,9H2,1H3. The fraction of sp³-hybridized carbons (Fsp3) is 0.500. The molecule has 25 heavy (non-hydrogen) atoms. The second kappa shape index (κ2) is 7.20. The van der Waals surface area contributed by atoms with Gasteiger partial charge in [0.15, 0.2) is 0 Å². The fourth-order valence-electron chi connectivity index (χ4n) is 2.67. The highest BCUT2D eigenvalue weighted by Gasteiger charge is 2.33. The molecule has 0 aromatic carbocycles. The molecule has 0 N–H and O–H groups in total. The molecule has 0 radical (unpaired) electrons. The van der Waals surface area contributed by atoms with Crippen molar-refractivity contribution < 1.29 is 17.9 Å². The van der Waals surface area contributed by atoms with Crippen molar-refractivity contribution in [3.63, 3.8) is 0 Å². The van der Waals surface area contributed by atoms with E-state index in [0.29, 0.717) is 31.5 Å². The second-order valence-electron chi connectivity index (χ2n) is 5.98. The first kappa shape index (κ1) is 17.4. The Morgan fingerprint density at radius 3 is 2.64 bits per heavy atom. The zero-order chi connectivity index (χ0) is 17.9. The molecule has 0 spiro atoms. The van der Waals surface area contributed by atoms with Crippen molar-refractivity contribution in [3.05, 3.63) is 36.0 Å². The molecule has 3 heterocycles. The van der Waals surface area contributed by atoms with Crippen LogP contribution in [-0.4, -0.2) is 39.6 Å². The molecule has 1 aliphatic rings. The number of anilines is 1. The highest BCUT2D eigenvalue weighted by molar-refractivity contribution is 5.31. The van der Waals surface area contributed by atoms with Crippen molar-refractivity contribution in [2.75, 3.05) is 24.6 Å². The summed E-state index contributed by atoms with van der Waals surface area (Å²) in [5.74, 6) is 0.981. The van der Waals surface area contributed by atoms with E-state index < -0.39 is 11.9 Å². The average Bonchev–Trinajstić information content (AvgIpc) is 2.60. The van der Waals surface area contributed by atoms with Crippen LogP contribution in [0.25, 0.3) is 0 Å². The minimum absolute atomic E-state index is 0.126. The molecule has 1 fully saturated rings. The minimum atomic E-state index is -4.46. The molecular weight excluding hydrogens is 335 g/mol. The van der Waals surface area contributed by atoms with Crippen molar-refractivity contribution in [2.24, 2.45) is 5.92 Å². The van der Waals surface area contributed by atoms with Gasteiger partial charge in [0.25, 0.3) is 0 Å². The Labute approximate surface area is 143 Å². The maximum Gasteiger partial charge on any atom is 0.433 e. The van der Waals surface area contributed by atoms with Crippen LogP contribution in [0.3, 0.4) is 0 Å². The van der Waals surface area contributed by atoms with E-state index in [4.69, 9.17) is 4.74 Å². The summed E-state index contributed by atoms with van der Waals surface area (Å²) in [4.78, 5) is 17.4. The molecule has 134 valence electrons. The van der Waals surface area contributed by atoms with E-state index in [2.05, 4.69) is 19.9 Å². The number of nitrogens with zero attached hydrogens (tertiary/aromatic N) is 5. The summed E-state index contributed by atoms with van der Waals surface area (Å²) in [7, 11) is 0. The SMILES string of the molecule is Cc1cc(OCC2CCN(c3nccc(C(F)(F)F)n3)CC2)ncn1. The summed E-state index contributed by atoms with van der Waals surface area (Å²) in [6.45, 7) is 3.58. The topological polar surface area (TPSA) is 64.0 Å². The molecule has 0 aliphatic carbocycles. The van der Waals surface area contributed by atoms with Gasteiger partial charge in [-0.2, -0.15) is 13.2 Å². The van der Waals surface area contributed by atoms with Gasteiger partial charge in [0, 0.05) is 31.0 Å². The van der Waals surface area contributed by atoms with Gasteiger partial charge in [-0.3, -0.25) is 0 Å². The van der Waals surface area contributed by atoms with Crippen LogP contribution in [0.15, 0.2) is 24.7 Å². The number of ether oxygens (including phenoxy) is 1. The molecule has 1 saturated heterocycles. The largest absolute Gasteiger partial charge is 0.477 e. The van der Waals surface area contributed by atoms with Gasteiger partial charge in [0.1, 0.15) is 12.0 Å². The van der Waals surface area contributed by atoms with Crippen molar-refractivity contribution in [1.82, 2.24) is 19.9 Å². The lowest BCUT2D eigenvalue weighted by Gasteiger charge is -2.31. The Kier molecular flexibility index (Phi) is 5.00. The maximum absolute atomic E-state index is 12.8. The molecule has 0 saturated carbocycles. The van der Waals surface area contributed by atoms with E-state index in [1.807, 2.05) is 6.92 Å². The van der Waals surface area contributed by atoms with Crippen LogP contribution < -0.4 is 9.64 Å². The number of hydrogen-bond acceptors (Lipinski definition) is 6. The Morgan fingerprint density at radius 2 is 1.96 bits per heavy atom. The van der Waals surface area contributed by atoms with E-state index in [0.717, 1.165) is 30.8 Å². The summed E-state index contributed by atoms with van der Waals surface area (Å²) in [6.07, 6.45) is -0.261. The van der Waals surface area contributed by atoms with E-state index in [9.17, 15) is 13.2 Å². The molecule has 0 bridgehead atoms. The number of rotatable bonds is 4. The second-order valence-corrected chi connectivity index (χ2v) is 5.98. The Morgan fingerprint density at radius 1 is 1.20 bits per heavy atom. The highest BCUT2D eigenvalue weighted by atomic mass is 19.4. The summed E-state index contributed by atoms with van der Waals surface area (Å²) < 4.78 is 43.9. The zero-order valence-corrected chi connectivity index (χ0v) is 13.7. The first-order valence-electron chi connectivity index (χ1n) is 7.98. The first-order valence-corrected chi connectivity index (χ1v) is 7.98. The lowest BCUT2D eigenvalue weighted by molar-refractivity contribution is -0.141. The smallest absolute Gasteiger partial charge is 0.433 e. The molecule has 2 aromatic rings. The molecular formula is C16H18F3N5O. The molecule has 2 aromatic heterocycles.